The molecule has 13 rings (SSSR count). The van der Waals surface area contributed by atoms with Crippen LogP contribution in [0.15, 0.2) is 68.9 Å². The highest BCUT2D eigenvalue weighted by Gasteiger charge is 2.64. The number of piperidine rings is 2. The van der Waals surface area contributed by atoms with E-state index in [1.165, 1.54) is 44.1 Å². The van der Waals surface area contributed by atoms with Gasteiger partial charge in [0.2, 0.25) is 22.6 Å². The van der Waals surface area contributed by atoms with Crippen molar-refractivity contribution in [3.63, 3.8) is 0 Å². The minimum absolute atomic E-state index is 0.0347. The molecule has 4 saturated carbocycles. The number of carbonyl (C=O) groups is 3. The standard InChI is InChI=1S/C44H63IN6O4.C35H57N3O3/c1-27-22-39-42(29(3)44(55-39)18-16-33-34-12-11-31-24-32(52)15-17-43(31,4)36(34)25-35(33)28(44)2)51(26-27)21-20-48-40(53)8-6-5-7-19-47-41(54)14-10-30-9-13-38(49-50-46)37(45)23-30;1-22-18-31-33(38(21-22)17-16-37-32(40)8-6-5-7-15-36)24(3)35(41-31)14-12-27-28-10-9-25-19-26(39)11-13-34(25,4)30(28)20-29(27)23(35)2/h9,11,13,23,27,29,32-34,36,39,42,46,52H,5-8,10,12,14-22,24-26H2,1-4H3,(H-,47,48,53,54);9,22,24,26-28,30-31,33,39H,5-8,10-21,36H2,1-4H3,(H,37,40)/p+1/t27-,29+,32-,33-,34-,36-,39+,42-,43-,44-;22-,24+,26-,27-,28-,30-,31+,33-,34-,35-/m00/s1. The number of likely N-dealkylation sites (tertiary alicyclic amines) is 2. The van der Waals surface area contributed by atoms with E-state index in [4.69, 9.17) is 20.7 Å². The van der Waals surface area contributed by atoms with Gasteiger partial charge in [-0.2, -0.15) is 0 Å². The van der Waals surface area contributed by atoms with E-state index < -0.39 is 0 Å². The third kappa shape index (κ3) is 14.3. The van der Waals surface area contributed by atoms with Crippen LogP contribution in [-0.2, 0) is 30.3 Å². The van der Waals surface area contributed by atoms with Crippen LogP contribution in [0.3, 0.4) is 0 Å². The van der Waals surface area contributed by atoms with Crippen LogP contribution >= 0.6 is 22.6 Å². The highest BCUT2D eigenvalue weighted by atomic mass is 127. The van der Waals surface area contributed by atoms with Crippen LogP contribution < -0.4 is 26.6 Å². The molecule has 3 amide bonds. The SMILES string of the molecule is CC1=C2C[C@H]3[C@@H](CC=C4C[C@@H](O)CC[C@@]43C)[C@@H]2CC[C@]12O[C@@H]1C[C@H](C)CN(CCNC(=O)CCCCCN)[C@H]1[C@H]2C.CC1=C2C[C@H]3[C@@H](CC=C4C[C@@H](O)CC[C@@]43C)[C@@H]2CC[C@]12O[C@@H]1C[C@H](C)CN(CCNC(=O)CCCCCNC(=O)CCc3ccc(N=[N+]=N)c(I)c3)[C@H]1[C@H]2C. The average Bonchev–Trinajstić information content (AvgIpc) is 1.55. The third-order valence-electron chi connectivity index (χ3n) is 28.0. The molecular formula is C79H121IN9O7+. The first-order chi connectivity index (χ1) is 46.1. The van der Waals surface area contributed by atoms with Gasteiger partial charge in [0.05, 0.1) is 35.6 Å². The summed E-state index contributed by atoms with van der Waals surface area (Å²) in [6.45, 7) is 26.2. The molecule has 0 unspecified atom stereocenters. The Morgan fingerprint density at radius 2 is 1.14 bits per heavy atom. The number of nitrogens with two attached hydrogens (primary N) is 1. The Balaban J connectivity index is 0.000000191. The number of ether oxygens (including phenoxy) is 2. The summed E-state index contributed by atoms with van der Waals surface area (Å²) in [5, 5.41) is 34.1. The number of hydrogen-bond donors (Lipinski definition) is 7. The highest BCUT2D eigenvalue weighted by molar-refractivity contribution is 14.1. The van der Waals surface area contributed by atoms with E-state index in [1.807, 2.05) is 18.2 Å². The van der Waals surface area contributed by atoms with Crippen molar-refractivity contribution in [3.8, 4) is 0 Å². The summed E-state index contributed by atoms with van der Waals surface area (Å²) in [5.74, 6) is 6.65. The van der Waals surface area contributed by atoms with E-state index in [2.05, 4.69) is 126 Å². The fourth-order valence-electron chi connectivity index (χ4n) is 22.9. The first-order valence-corrected chi connectivity index (χ1v) is 39.5. The second-order valence-corrected chi connectivity index (χ2v) is 34.5. The second-order valence-electron chi connectivity index (χ2n) is 33.4. The van der Waals surface area contributed by atoms with Crippen molar-refractivity contribution in [3.05, 3.63) is 72.9 Å². The van der Waals surface area contributed by atoms with Gasteiger partial charge in [-0.25, -0.2) is 0 Å². The number of rotatable bonds is 21. The van der Waals surface area contributed by atoms with Crippen molar-refractivity contribution in [1.29, 1.82) is 5.53 Å². The lowest BCUT2D eigenvalue weighted by Crippen LogP contribution is -2.54. The van der Waals surface area contributed by atoms with Gasteiger partial charge in [0.1, 0.15) is 5.53 Å². The number of amides is 3. The second kappa shape index (κ2) is 30.5. The quantitative estimate of drug-likeness (QED) is 0.0202. The van der Waals surface area contributed by atoms with Crippen LogP contribution in [0.5, 0.6) is 0 Å². The van der Waals surface area contributed by atoms with Crippen LogP contribution in [0.25, 0.3) is 0 Å². The number of aryl methyl sites for hydroxylation is 1. The van der Waals surface area contributed by atoms with Crippen LogP contribution in [0.1, 0.15) is 221 Å². The summed E-state index contributed by atoms with van der Waals surface area (Å²) in [6, 6.07) is 6.53. The predicted molar refractivity (Wildman–Crippen MR) is 387 cm³/mol. The van der Waals surface area contributed by atoms with E-state index in [9.17, 15) is 24.6 Å². The Kier molecular flexibility index (Phi) is 22.9. The molecule has 17 heteroatoms. The fourth-order valence-corrected chi connectivity index (χ4v) is 23.6. The van der Waals surface area contributed by atoms with Gasteiger partial charge in [0.15, 0.2) is 10.8 Å². The average molecular weight is 1440 g/mol. The van der Waals surface area contributed by atoms with E-state index >= 15 is 0 Å². The van der Waals surface area contributed by atoms with Crippen molar-refractivity contribution < 1.29 is 34.1 Å². The highest BCUT2D eigenvalue weighted by Crippen LogP contribution is 2.67. The van der Waals surface area contributed by atoms with Gasteiger partial charge >= 0.3 is 0 Å². The number of carbonyl (C=O) groups excluding carboxylic acids is 3. The van der Waals surface area contributed by atoms with E-state index in [0.29, 0.717) is 105 Å². The Morgan fingerprint density at radius 3 is 1.61 bits per heavy atom. The fraction of sp³-hybridized carbons (Fsp3) is 0.785. The van der Waals surface area contributed by atoms with Gasteiger partial charge < -0.3 is 41.4 Å². The summed E-state index contributed by atoms with van der Waals surface area (Å²) in [5.41, 5.74) is 24.0. The zero-order valence-electron chi connectivity index (χ0n) is 59.8. The summed E-state index contributed by atoms with van der Waals surface area (Å²) in [6.07, 6.45) is 30.7. The lowest BCUT2D eigenvalue weighted by atomic mass is 9.56. The molecule has 8 fully saturated rings. The number of benzene rings is 1. The number of allylic oxidation sites excluding steroid dienone is 4. The van der Waals surface area contributed by atoms with Crippen molar-refractivity contribution in [2.24, 2.45) is 80.9 Å². The van der Waals surface area contributed by atoms with Crippen molar-refractivity contribution in [1.82, 2.24) is 30.7 Å². The molecule has 0 aromatic heterocycles. The molecule has 0 bridgehead atoms. The summed E-state index contributed by atoms with van der Waals surface area (Å²) >= 11 is 2.17. The Labute approximate surface area is 588 Å². The number of unbranched alkanes of at least 4 members (excludes halogenated alkanes) is 4. The van der Waals surface area contributed by atoms with Gasteiger partial charge in [0, 0.05) is 92.6 Å². The summed E-state index contributed by atoms with van der Waals surface area (Å²) in [4.78, 5) is 46.0. The molecule has 4 heterocycles. The maximum Gasteiger partial charge on any atom is 0.220 e. The molecule has 20 atom stereocenters. The number of nitrogens with one attached hydrogen (secondary N) is 4. The molecule has 16 nitrogen and oxygen atoms in total. The van der Waals surface area contributed by atoms with Gasteiger partial charge in [-0.3, -0.25) is 24.2 Å². The molecule has 2 spiro atoms. The molecule has 96 heavy (non-hydrogen) atoms. The molecule has 0 radical (unpaired) electrons. The molecule has 4 aliphatic heterocycles. The first-order valence-electron chi connectivity index (χ1n) is 38.5. The molecule has 1 aromatic carbocycles. The summed E-state index contributed by atoms with van der Waals surface area (Å²) in [7, 11) is 0. The smallest absolute Gasteiger partial charge is 0.220 e. The zero-order valence-corrected chi connectivity index (χ0v) is 62.0. The molecule has 530 valence electrons. The molecule has 4 saturated heterocycles. The van der Waals surface area contributed by atoms with Gasteiger partial charge in [0.25, 0.3) is 0 Å². The van der Waals surface area contributed by atoms with Gasteiger partial charge in [-0.1, -0.05) is 94.9 Å². The van der Waals surface area contributed by atoms with Crippen molar-refractivity contribution >= 4 is 46.0 Å². The van der Waals surface area contributed by atoms with Gasteiger partial charge in [-0.15, -0.1) is 0 Å². The third-order valence-corrected chi connectivity index (χ3v) is 28.8. The number of halogens is 1. The van der Waals surface area contributed by atoms with Gasteiger partial charge in [-0.05, 0) is 265 Å². The normalized spacial score (nSPS) is 38.9. The first kappa shape index (κ1) is 72.1. The largest absolute Gasteiger partial charge is 0.393 e. The molecular weight excluding hydrogens is 1310 g/mol. The predicted octanol–water partition coefficient (Wildman–Crippen LogP) is 13.3. The maximum absolute atomic E-state index is 12.8. The van der Waals surface area contributed by atoms with E-state index in [0.717, 1.165) is 162 Å². The van der Waals surface area contributed by atoms with Crippen molar-refractivity contribution in [2.75, 3.05) is 52.4 Å². The Bertz CT molecular complexity index is 3180. The monoisotopic (exact) mass is 1430 g/mol. The van der Waals surface area contributed by atoms with E-state index in [1.54, 1.807) is 27.9 Å². The minimum atomic E-state index is -0.179. The Hall–Kier alpha value is -3.65. The van der Waals surface area contributed by atoms with Crippen LogP contribution in [0.4, 0.5) is 5.69 Å². The number of aliphatic hydroxyl groups is 2. The molecule has 8 N–H and O–H groups in total. The number of aliphatic hydroxyl groups excluding tert-OH is 2. The molecule has 8 aliphatic carbocycles. The lowest BCUT2D eigenvalue weighted by molar-refractivity contribution is -0.122. The van der Waals surface area contributed by atoms with Crippen LogP contribution in [0.2, 0.25) is 0 Å². The lowest BCUT2D eigenvalue weighted by Gasteiger charge is -2.49. The number of fused-ring (bicyclic) bond motifs is 12. The number of hydrogen-bond acceptors (Lipinski definition) is 12. The minimum Gasteiger partial charge on any atom is -0.393 e. The van der Waals surface area contributed by atoms with E-state index in [-0.39, 0.29) is 64.2 Å². The number of nitrogens with zero attached hydrogens (tertiary/aromatic N) is 4. The molecule has 12 aliphatic rings. The maximum atomic E-state index is 12.8. The van der Waals surface area contributed by atoms with Crippen LogP contribution in [0, 0.1) is 79.1 Å². The zero-order chi connectivity index (χ0) is 67.8. The topological polar surface area (TPSA) is 229 Å². The molecule has 1 aromatic rings. The summed E-state index contributed by atoms with van der Waals surface area (Å²) < 4.78 is 15.5. The van der Waals surface area contributed by atoms with Crippen molar-refractivity contribution in [2.45, 2.75) is 270 Å². The van der Waals surface area contributed by atoms with Crippen LogP contribution in [-0.4, -0.2) is 138 Å². The Morgan fingerprint density at radius 1 is 0.656 bits per heavy atom.